The van der Waals surface area contributed by atoms with Crippen molar-refractivity contribution in [3.8, 4) is 0 Å². The van der Waals surface area contributed by atoms with Gasteiger partial charge in [0, 0.05) is 5.69 Å². The van der Waals surface area contributed by atoms with Crippen molar-refractivity contribution in [2.24, 2.45) is 5.92 Å². The molecule has 1 fully saturated rings. The minimum Gasteiger partial charge on any atom is -0.399 e. The van der Waals surface area contributed by atoms with Crippen LogP contribution in [0.3, 0.4) is 0 Å². The lowest BCUT2D eigenvalue weighted by atomic mass is 10.1. The molecule has 0 aliphatic heterocycles. The number of rotatable bonds is 2. The van der Waals surface area contributed by atoms with Gasteiger partial charge in [0.05, 0.1) is 6.10 Å². The molecule has 0 heterocycles. The summed E-state index contributed by atoms with van der Waals surface area (Å²) < 4.78 is 0. The fourth-order valence-corrected chi connectivity index (χ4v) is 1.43. The van der Waals surface area contributed by atoms with Gasteiger partial charge >= 0.3 is 0 Å². The van der Waals surface area contributed by atoms with Crippen LogP contribution in [-0.4, -0.2) is 5.11 Å². The first-order chi connectivity index (χ1) is 5.77. The van der Waals surface area contributed by atoms with Gasteiger partial charge in [0.25, 0.3) is 0 Å². The molecule has 1 aromatic carbocycles. The summed E-state index contributed by atoms with van der Waals surface area (Å²) in [4.78, 5) is 0. The van der Waals surface area contributed by atoms with Crippen LogP contribution >= 0.6 is 0 Å². The Labute approximate surface area is 72.0 Å². The van der Waals surface area contributed by atoms with Gasteiger partial charge < -0.3 is 10.8 Å². The second-order valence-electron chi connectivity index (χ2n) is 3.45. The number of aliphatic hydroxyl groups excluding tert-OH is 1. The molecular weight excluding hydrogens is 150 g/mol. The first-order valence-electron chi connectivity index (χ1n) is 4.31. The molecule has 64 valence electrons. The molecule has 1 aliphatic carbocycles. The lowest BCUT2D eigenvalue weighted by Gasteiger charge is -2.09. The molecule has 12 heavy (non-hydrogen) atoms. The molecule has 1 atom stereocenters. The summed E-state index contributed by atoms with van der Waals surface area (Å²) in [6, 6.07) is 7.50. The van der Waals surface area contributed by atoms with Crippen molar-refractivity contribution in [1.82, 2.24) is 0 Å². The number of aliphatic hydroxyl groups is 1. The van der Waals surface area contributed by atoms with Gasteiger partial charge in [-0.05, 0) is 36.5 Å². The Morgan fingerprint density at radius 3 is 2.75 bits per heavy atom. The number of benzene rings is 1. The Hall–Kier alpha value is -1.02. The second-order valence-corrected chi connectivity index (χ2v) is 3.45. The first kappa shape index (κ1) is 7.62. The molecule has 1 aromatic rings. The highest BCUT2D eigenvalue weighted by Crippen LogP contribution is 2.40. The van der Waals surface area contributed by atoms with E-state index in [0.29, 0.717) is 5.92 Å². The minimum atomic E-state index is -0.298. The molecule has 1 unspecified atom stereocenters. The number of nitrogen functional groups attached to an aromatic ring is 1. The maximum absolute atomic E-state index is 9.73. The molecule has 1 aliphatic rings. The van der Waals surface area contributed by atoms with Gasteiger partial charge in [0.1, 0.15) is 0 Å². The van der Waals surface area contributed by atoms with Gasteiger partial charge in [0.15, 0.2) is 0 Å². The third-order valence-electron chi connectivity index (χ3n) is 2.32. The second kappa shape index (κ2) is 2.79. The highest BCUT2D eigenvalue weighted by atomic mass is 16.3. The molecule has 0 radical (unpaired) electrons. The van der Waals surface area contributed by atoms with Crippen LogP contribution in [0.25, 0.3) is 0 Å². The Morgan fingerprint density at radius 2 is 2.17 bits per heavy atom. The van der Waals surface area contributed by atoms with Crippen LogP contribution in [0.5, 0.6) is 0 Å². The topological polar surface area (TPSA) is 46.2 Å². The van der Waals surface area contributed by atoms with Crippen molar-refractivity contribution in [2.45, 2.75) is 18.9 Å². The number of anilines is 1. The van der Waals surface area contributed by atoms with Crippen molar-refractivity contribution in [3.05, 3.63) is 29.8 Å². The molecule has 1 saturated carbocycles. The Morgan fingerprint density at radius 1 is 1.42 bits per heavy atom. The third-order valence-corrected chi connectivity index (χ3v) is 2.32. The summed E-state index contributed by atoms with van der Waals surface area (Å²) in [5.41, 5.74) is 7.29. The van der Waals surface area contributed by atoms with E-state index in [4.69, 9.17) is 5.73 Å². The Kier molecular flexibility index (Phi) is 1.77. The molecule has 3 N–H and O–H groups in total. The van der Waals surface area contributed by atoms with E-state index in [0.717, 1.165) is 24.1 Å². The maximum atomic E-state index is 9.73. The van der Waals surface area contributed by atoms with Crippen LogP contribution in [0.15, 0.2) is 24.3 Å². The fraction of sp³-hybridized carbons (Fsp3) is 0.400. The summed E-state index contributed by atoms with van der Waals surface area (Å²) in [7, 11) is 0. The first-order valence-corrected chi connectivity index (χ1v) is 4.31. The van der Waals surface area contributed by atoms with Crippen molar-refractivity contribution in [1.29, 1.82) is 0 Å². The predicted molar refractivity (Wildman–Crippen MR) is 48.5 cm³/mol. The SMILES string of the molecule is Nc1cccc(C(O)C2CC2)c1. The molecule has 2 rings (SSSR count). The van der Waals surface area contributed by atoms with Crippen LogP contribution in [0.1, 0.15) is 24.5 Å². The molecular formula is C10H13NO. The molecule has 0 saturated heterocycles. The lowest BCUT2D eigenvalue weighted by Crippen LogP contribution is -1.99. The number of nitrogens with two attached hydrogens (primary N) is 1. The zero-order chi connectivity index (χ0) is 8.55. The van der Waals surface area contributed by atoms with Gasteiger partial charge in [-0.2, -0.15) is 0 Å². The highest BCUT2D eigenvalue weighted by molar-refractivity contribution is 5.41. The zero-order valence-electron chi connectivity index (χ0n) is 6.90. The lowest BCUT2D eigenvalue weighted by molar-refractivity contribution is 0.154. The van der Waals surface area contributed by atoms with E-state index in [1.165, 1.54) is 0 Å². The van der Waals surface area contributed by atoms with Crippen LogP contribution in [0.2, 0.25) is 0 Å². The van der Waals surface area contributed by atoms with Crippen LogP contribution in [-0.2, 0) is 0 Å². The Balaban J connectivity index is 2.20. The molecule has 0 amide bonds. The Bertz CT molecular complexity index is 281. The molecule has 0 bridgehead atoms. The van der Waals surface area contributed by atoms with E-state index < -0.39 is 0 Å². The highest BCUT2D eigenvalue weighted by Gasteiger charge is 2.30. The largest absolute Gasteiger partial charge is 0.399 e. The van der Waals surface area contributed by atoms with Gasteiger partial charge in [-0.3, -0.25) is 0 Å². The predicted octanol–water partition coefficient (Wildman–Crippen LogP) is 1.71. The van der Waals surface area contributed by atoms with Crippen LogP contribution in [0.4, 0.5) is 5.69 Å². The van der Waals surface area contributed by atoms with Gasteiger partial charge in [-0.15, -0.1) is 0 Å². The van der Waals surface area contributed by atoms with E-state index in [9.17, 15) is 5.11 Å². The van der Waals surface area contributed by atoms with Crippen LogP contribution in [0, 0.1) is 5.92 Å². The van der Waals surface area contributed by atoms with Gasteiger partial charge in [-0.25, -0.2) is 0 Å². The quantitative estimate of drug-likeness (QED) is 0.652. The summed E-state index contributed by atoms with van der Waals surface area (Å²) in [5.74, 6) is 0.479. The third kappa shape index (κ3) is 1.43. The maximum Gasteiger partial charge on any atom is 0.0818 e. The van der Waals surface area contributed by atoms with E-state index in [1.807, 2.05) is 24.3 Å². The summed E-state index contributed by atoms with van der Waals surface area (Å²) in [5, 5.41) is 9.73. The summed E-state index contributed by atoms with van der Waals surface area (Å²) >= 11 is 0. The fourth-order valence-electron chi connectivity index (χ4n) is 1.43. The summed E-state index contributed by atoms with van der Waals surface area (Å²) in [6.07, 6.45) is 2.00. The zero-order valence-corrected chi connectivity index (χ0v) is 6.90. The molecule has 0 aromatic heterocycles. The molecule has 2 nitrogen and oxygen atoms in total. The monoisotopic (exact) mass is 163 g/mol. The van der Waals surface area contributed by atoms with E-state index in [1.54, 1.807) is 0 Å². The van der Waals surface area contributed by atoms with Crippen LogP contribution < -0.4 is 5.73 Å². The van der Waals surface area contributed by atoms with E-state index in [2.05, 4.69) is 0 Å². The molecule has 2 heteroatoms. The van der Waals surface area contributed by atoms with Crippen molar-refractivity contribution >= 4 is 5.69 Å². The number of hydrogen-bond acceptors (Lipinski definition) is 2. The van der Waals surface area contributed by atoms with Crippen molar-refractivity contribution in [3.63, 3.8) is 0 Å². The summed E-state index contributed by atoms with van der Waals surface area (Å²) in [6.45, 7) is 0. The molecule has 0 spiro atoms. The standard InChI is InChI=1S/C10H13NO/c11-9-3-1-2-8(6-9)10(12)7-4-5-7/h1-3,6-7,10,12H,4-5,11H2. The average Bonchev–Trinajstić information content (AvgIpc) is 2.85. The van der Waals surface area contributed by atoms with Crippen molar-refractivity contribution in [2.75, 3.05) is 5.73 Å². The smallest absolute Gasteiger partial charge is 0.0818 e. The normalized spacial score (nSPS) is 19.1. The van der Waals surface area contributed by atoms with Crippen molar-refractivity contribution < 1.29 is 5.11 Å². The van der Waals surface area contributed by atoms with E-state index >= 15 is 0 Å². The van der Waals surface area contributed by atoms with E-state index in [-0.39, 0.29) is 6.10 Å². The average molecular weight is 163 g/mol. The number of hydrogen-bond donors (Lipinski definition) is 2. The van der Waals surface area contributed by atoms with Gasteiger partial charge in [-0.1, -0.05) is 12.1 Å². The minimum absolute atomic E-state index is 0.298. The van der Waals surface area contributed by atoms with Gasteiger partial charge in [0.2, 0.25) is 0 Å².